The highest BCUT2D eigenvalue weighted by atomic mass is 16.1. The van der Waals surface area contributed by atoms with E-state index in [0.29, 0.717) is 13.0 Å². The van der Waals surface area contributed by atoms with E-state index >= 15 is 0 Å². The fourth-order valence-electron chi connectivity index (χ4n) is 0.679. The summed E-state index contributed by atoms with van der Waals surface area (Å²) in [6.07, 6.45) is 3.15. The average Bonchev–Trinajstić information content (AvgIpc) is 1.98. The van der Waals surface area contributed by atoms with Crippen molar-refractivity contribution in [2.45, 2.75) is 6.42 Å². The van der Waals surface area contributed by atoms with Gasteiger partial charge in [0.1, 0.15) is 6.29 Å². The van der Waals surface area contributed by atoms with E-state index < -0.39 is 0 Å². The summed E-state index contributed by atoms with van der Waals surface area (Å²) in [6, 6.07) is 0. The van der Waals surface area contributed by atoms with Gasteiger partial charge in [-0.2, -0.15) is 0 Å². The first-order valence-electron chi connectivity index (χ1n) is 3.35. The molecular weight excluding hydrogens is 128 g/mol. The van der Waals surface area contributed by atoms with Crippen molar-refractivity contribution in [2.24, 2.45) is 5.73 Å². The molecule has 2 N–H and O–H groups in total. The summed E-state index contributed by atoms with van der Waals surface area (Å²) in [7, 11) is 0. The van der Waals surface area contributed by atoms with Gasteiger partial charge in [-0.1, -0.05) is 6.58 Å². The Morgan fingerprint density at radius 2 is 2.20 bits per heavy atom. The fraction of sp³-hybridized carbons (Fsp3) is 0.571. The van der Waals surface area contributed by atoms with Gasteiger partial charge in [-0.15, -0.1) is 0 Å². The van der Waals surface area contributed by atoms with Gasteiger partial charge in [0.25, 0.3) is 0 Å². The number of carbonyl (C=O) groups is 1. The van der Waals surface area contributed by atoms with Crippen LogP contribution in [0.1, 0.15) is 6.42 Å². The Bertz CT molecular complexity index is 104. The summed E-state index contributed by atoms with van der Waals surface area (Å²) in [5, 5.41) is 0. The van der Waals surface area contributed by atoms with Crippen molar-refractivity contribution in [2.75, 3.05) is 19.6 Å². The van der Waals surface area contributed by atoms with Crippen molar-refractivity contribution in [3.63, 3.8) is 0 Å². The Morgan fingerprint density at radius 3 is 2.60 bits per heavy atom. The van der Waals surface area contributed by atoms with E-state index in [1.54, 1.807) is 6.20 Å². The van der Waals surface area contributed by atoms with Crippen molar-refractivity contribution in [1.82, 2.24) is 4.90 Å². The van der Waals surface area contributed by atoms with Crippen molar-refractivity contribution >= 4 is 6.29 Å². The Hall–Kier alpha value is -0.830. The molecule has 0 amide bonds. The van der Waals surface area contributed by atoms with E-state index in [0.717, 1.165) is 19.4 Å². The van der Waals surface area contributed by atoms with Crippen LogP contribution in [0.25, 0.3) is 0 Å². The summed E-state index contributed by atoms with van der Waals surface area (Å²) in [6.45, 7) is 5.69. The van der Waals surface area contributed by atoms with Crippen LogP contribution in [0.5, 0.6) is 0 Å². The predicted octanol–water partition coefficient (Wildman–Crippen LogP) is -0.0204. The largest absolute Gasteiger partial charge is 0.376 e. The number of carbonyl (C=O) groups excluding carboxylic acids is 1. The Kier molecular flexibility index (Phi) is 5.77. The van der Waals surface area contributed by atoms with E-state index in [9.17, 15) is 4.79 Å². The second-order valence-electron chi connectivity index (χ2n) is 1.96. The second-order valence-corrected chi connectivity index (χ2v) is 1.96. The SMILES string of the molecule is C=CN(CCN)CCC=O. The fourth-order valence-corrected chi connectivity index (χ4v) is 0.679. The quantitative estimate of drug-likeness (QED) is 0.530. The number of hydrogen-bond donors (Lipinski definition) is 1. The van der Waals surface area contributed by atoms with Crippen molar-refractivity contribution in [3.8, 4) is 0 Å². The highest BCUT2D eigenvalue weighted by Crippen LogP contribution is 1.87. The van der Waals surface area contributed by atoms with Gasteiger partial charge in [0.05, 0.1) is 0 Å². The van der Waals surface area contributed by atoms with Gasteiger partial charge in [0.15, 0.2) is 0 Å². The molecule has 3 nitrogen and oxygen atoms in total. The molecule has 0 aromatic rings. The number of nitrogens with zero attached hydrogens (tertiary/aromatic N) is 1. The summed E-state index contributed by atoms with van der Waals surface area (Å²) >= 11 is 0. The van der Waals surface area contributed by atoms with Crippen LogP contribution in [-0.2, 0) is 4.79 Å². The van der Waals surface area contributed by atoms with Gasteiger partial charge in [-0.25, -0.2) is 0 Å². The molecule has 0 aliphatic carbocycles. The van der Waals surface area contributed by atoms with Crippen molar-refractivity contribution in [1.29, 1.82) is 0 Å². The first kappa shape index (κ1) is 9.17. The zero-order valence-corrected chi connectivity index (χ0v) is 6.12. The molecule has 0 saturated heterocycles. The van der Waals surface area contributed by atoms with Crippen LogP contribution in [0, 0.1) is 0 Å². The molecule has 0 aromatic carbocycles. The second kappa shape index (κ2) is 6.29. The lowest BCUT2D eigenvalue weighted by molar-refractivity contribution is -0.108. The zero-order valence-electron chi connectivity index (χ0n) is 6.12. The van der Waals surface area contributed by atoms with Crippen LogP contribution in [0.4, 0.5) is 0 Å². The standard InChI is InChI=1S/C7H14N2O/c1-2-9(6-4-8)5-3-7-10/h2,7H,1,3-6,8H2. The molecule has 0 atom stereocenters. The molecule has 0 radical (unpaired) electrons. The number of rotatable bonds is 6. The van der Waals surface area contributed by atoms with Gasteiger partial charge in [0.2, 0.25) is 0 Å². The minimum Gasteiger partial charge on any atom is -0.376 e. The molecule has 0 bridgehead atoms. The van der Waals surface area contributed by atoms with Crippen LogP contribution in [-0.4, -0.2) is 30.8 Å². The first-order valence-corrected chi connectivity index (χ1v) is 3.35. The molecule has 0 aliphatic rings. The molecule has 0 aromatic heterocycles. The third-order valence-corrected chi connectivity index (χ3v) is 1.21. The zero-order chi connectivity index (χ0) is 7.82. The maximum atomic E-state index is 9.94. The van der Waals surface area contributed by atoms with Gasteiger partial charge in [0, 0.05) is 26.1 Å². The Morgan fingerprint density at radius 1 is 1.50 bits per heavy atom. The highest BCUT2D eigenvalue weighted by molar-refractivity contribution is 5.49. The molecular formula is C7H14N2O. The molecule has 0 fully saturated rings. The molecule has 0 saturated carbocycles. The summed E-state index contributed by atoms with van der Waals surface area (Å²) in [5.41, 5.74) is 5.30. The maximum Gasteiger partial charge on any atom is 0.121 e. The number of aldehydes is 1. The molecule has 0 aliphatic heterocycles. The lowest BCUT2D eigenvalue weighted by Gasteiger charge is -2.16. The molecule has 58 valence electrons. The number of nitrogens with two attached hydrogens (primary N) is 1. The van der Waals surface area contributed by atoms with E-state index in [-0.39, 0.29) is 0 Å². The maximum absolute atomic E-state index is 9.94. The molecule has 0 spiro atoms. The first-order chi connectivity index (χ1) is 4.85. The molecule has 3 heteroatoms. The minimum absolute atomic E-state index is 0.548. The van der Waals surface area contributed by atoms with Crippen LogP contribution in [0.15, 0.2) is 12.8 Å². The van der Waals surface area contributed by atoms with E-state index in [1.807, 2.05) is 4.90 Å². The van der Waals surface area contributed by atoms with Crippen molar-refractivity contribution in [3.05, 3.63) is 12.8 Å². The normalized spacial score (nSPS) is 8.90. The van der Waals surface area contributed by atoms with Gasteiger partial charge >= 0.3 is 0 Å². The average molecular weight is 142 g/mol. The van der Waals surface area contributed by atoms with Crippen molar-refractivity contribution < 1.29 is 4.79 Å². The summed E-state index contributed by atoms with van der Waals surface area (Å²) < 4.78 is 0. The molecule has 10 heavy (non-hydrogen) atoms. The highest BCUT2D eigenvalue weighted by Gasteiger charge is 1.93. The number of hydrogen-bond acceptors (Lipinski definition) is 3. The van der Waals surface area contributed by atoms with Crippen LogP contribution in [0.2, 0.25) is 0 Å². The van der Waals surface area contributed by atoms with Crippen LogP contribution < -0.4 is 5.73 Å². The topological polar surface area (TPSA) is 46.3 Å². The third kappa shape index (κ3) is 4.09. The lowest BCUT2D eigenvalue weighted by Crippen LogP contribution is -2.25. The van der Waals surface area contributed by atoms with E-state index in [1.165, 1.54) is 0 Å². The van der Waals surface area contributed by atoms with Gasteiger partial charge in [-0.05, 0) is 6.20 Å². The van der Waals surface area contributed by atoms with Gasteiger partial charge in [-0.3, -0.25) is 0 Å². The summed E-state index contributed by atoms with van der Waals surface area (Å²) in [4.78, 5) is 11.9. The van der Waals surface area contributed by atoms with Gasteiger partial charge < -0.3 is 15.4 Å². The van der Waals surface area contributed by atoms with E-state index in [4.69, 9.17) is 5.73 Å². The van der Waals surface area contributed by atoms with E-state index in [2.05, 4.69) is 6.58 Å². The third-order valence-electron chi connectivity index (χ3n) is 1.21. The Labute approximate surface area is 61.5 Å². The minimum atomic E-state index is 0.548. The summed E-state index contributed by atoms with van der Waals surface area (Å²) in [5.74, 6) is 0. The molecule has 0 heterocycles. The smallest absolute Gasteiger partial charge is 0.121 e. The lowest BCUT2D eigenvalue weighted by atomic mass is 10.4. The molecule has 0 unspecified atom stereocenters. The monoisotopic (exact) mass is 142 g/mol. The predicted molar refractivity (Wildman–Crippen MR) is 41.5 cm³/mol. The Balaban J connectivity index is 3.38. The van der Waals surface area contributed by atoms with Crippen LogP contribution >= 0.6 is 0 Å². The molecule has 0 rings (SSSR count). The van der Waals surface area contributed by atoms with Crippen LogP contribution in [0.3, 0.4) is 0 Å².